The first kappa shape index (κ1) is 13.2. The first-order valence-corrected chi connectivity index (χ1v) is 6.84. The third-order valence-corrected chi connectivity index (χ3v) is 3.19. The molecule has 0 radical (unpaired) electrons. The number of benzene rings is 1. The third kappa shape index (κ3) is 4.22. The van der Waals surface area contributed by atoms with Gasteiger partial charge in [-0.25, -0.2) is 0 Å². The lowest BCUT2D eigenvalue weighted by Gasteiger charge is -2.09. The Labute approximate surface area is 115 Å². The van der Waals surface area contributed by atoms with Crippen LogP contribution in [0.3, 0.4) is 0 Å². The van der Waals surface area contributed by atoms with E-state index in [1.165, 1.54) is 0 Å². The standard InChI is InChI=1S/C13H17BrN2O2/c1-18-12-7-9(14)6-11(8-12)15-5-4-13(17)16-10-2-3-10/h6-8,10,15H,2-5H2,1H3,(H,16,17). The molecule has 2 N–H and O–H groups in total. The van der Waals surface area contributed by atoms with Crippen LogP contribution in [0.4, 0.5) is 5.69 Å². The van der Waals surface area contributed by atoms with Crippen LogP contribution >= 0.6 is 15.9 Å². The number of anilines is 1. The molecular weight excluding hydrogens is 296 g/mol. The van der Waals surface area contributed by atoms with Crippen LogP contribution in [0, 0.1) is 0 Å². The maximum atomic E-state index is 11.5. The zero-order chi connectivity index (χ0) is 13.0. The fourth-order valence-corrected chi connectivity index (χ4v) is 2.10. The topological polar surface area (TPSA) is 50.4 Å². The molecule has 0 heterocycles. The monoisotopic (exact) mass is 312 g/mol. The van der Waals surface area contributed by atoms with Crippen molar-refractivity contribution < 1.29 is 9.53 Å². The number of carbonyl (C=O) groups is 1. The van der Waals surface area contributed by atoms with E-state index in [4.69, 9.17) is 4.74 Å². The molecule has 1 fully saturated rings. The zero-order valence-corrected chi connectivity index (χ0v) is 11.9. The fourth-order valence-electron chi connectivity index (χ4n) is 1.63. The van der Waals surface area contributed by atoms with Crippen LogP contribution in [0.25, 0.3) is 0 Å². The molecule has 0 saturated heterocycles. The minimum atomic E-state index is 0.118. The molecule has 0 atom stereocenters. The average molecular weight is 313 g/mol. The maximum Gasteiger partial charge on any atom is 0.221 e. The number of carbonyl (C=O) groups excluding carboxylic acids is 1. The van der Waals surface area contributed by atoms with E-state index in [1.54, 1.807) is 7.11 Å². The molecule has 0 unspecified atom stereocenters. The number of nitrogens with one attached hydrogen (secondary N) is 2. The highest BCUT2D eigenvalue weighted by Gasteiger charge is 2.22. The molecule has 1 aromatic carbocycles. The first-order valence-electron chi connectivity index (χ1n) is 6.05. The van der Waals surface area contributed by atoms with E-state index in [1.807, 2.05) is 18.2 Å². The summed E-state index contributed by atoms with van der Waals surface area (Å²) in [5, 5.41) is 6.18. The predicted molar refractivity (Wildman–Crippen MR) is 75.0 cm³/mol. The number of methoxy groups -OCH3 is 1. The molecule has 1 saturated carbocycles. The number of hydrogen-bond acceptors (Lipinski definition) is 3. The lowest BCUT2D eigenvalue weighted by Crippen LogP contribution is -2.27. The average Bonchev–Trinajstić information content (AvgIpc) is 3.12. The van der Waals surface area contributed by atoms with E-state index >= 15 is 0 Å². The molecule has 0 bridgehead atoms. The molecule has 98 valence electrons. The number of ether oxygens (including phenoxy) is 1. The Balaban J connectivity index is 1.78. The van der Waals surface area contributed by atoms with Gasteiger partial charge in [0.05, 0.1) is 7.11 Å². The highest BCUT2D eigenvalue weighted by atomic mass is 79.9. The lowest BCUT2D eigenvalue weighted by molar-refractivity contribution is -0.120. The normalized spacial score (nSPS) is 14.1. The van der Waals surface area contributed by atoms with Gasteiger partial charge in [-0.05, 0) is 25.0 Å². The maximum absolute atomic E-state index is 11.5. The Morgan fingerprint density at radius 2 is 2.22 bits per heavy atom. The molecule has 2 rings (SSSR count). The summed E-state index contributed by atoms with van der Waals surface area (Å²) in [5.74, 6) is 0.904. The number of rotatable bonds is 6. The van der Waals surface area contributed by atoms with E-state index in [-0.39, 0.29) is 5.91 Å². The summed E-state index contributed by atoms with van der Waals surface area (Å²) in [4.78, 5) is 11.5. The Kier molecular flexibility index (Phi) is 4.47. The molecule has 1 aromatic rings. The largest absolute Gasteiger partial charge is 0.497 e. The van der Waals surface area contributed by atoms with Crippen LogP contribution in [-0.2, 0) is 4.79 Å². The lowest BCUT2D eigenvalue weighted by atomic mass is 10.3. The molecule has 1 aliphatic rings. The van der Waals surface area contributed by atoms with Gasteiger partial charge >= 0.3 is 0 Å². The van der Waals surface area contributed by atoms with Crippen LogP contribution in [0.2, 0.25) is 0 Å². The molecule has 0 aromatic heterocycles. The minimum absolute atomic E-state index is 0.118. The molecule has 0 spiro atoms. The van der Waals surface area contributed by atoms with Crippen molar-refractivity contribution in [1.29, 1.82) is 0 Å². The van der Waals surface area contributed by atoms with Gasteiger partial charge in [-0.3, -0.25) is 4.79 Å². The van der Waals surface area contributed by atoms with Crippen molar-refractivity contribution in [2.45, 2.75) is 25.3 Å². The van der Waals surface area contributed by atoms with E-state index in [0.29, 0.717) is 19.0 Å². The summed E-state index contributed by atoms with van der Waals surface area (Å²) in [6.07, 6.45) is 2.75. The van der Waals surface area contributed by atoms with Crippen molar-refractivity contribution in [3.8, 4) is 5.75 Å². The van der Waals surface area contributed by atoms with Gasteiger partial charge in [0.2, 0.25) is 5.91 Å². The SMILES string of the molecule is COc1cc(Br)cc(NCCC(=O)NC2CC2)c1. The summed E-state index contributed by atoms with van der Waals surface area (Å²) < 4.78 is 6.13. The third-order valence-electron chi connectivity index (χ3n) is 2.73. The number of hydrogen-bond donors (Lipinski definition) is 2. The summed E-state index contributed by atoms with van der Waals surface area (Å²) in [7, 11) is 1.63. The van der Waals surface area contributed by atoms with Crippen molar-refractivity contribution >= 4 is 27.5 Å². The highest BCUT2D eigenvalue weighted by Crippen LogP contribution is 2.24. The summed E-state index contributed by atoms with van der Waals surface area (Å²) >= 11 is 3.42. The summed E-state index contributed by atoms with van der Waals surface area (Å²) in [6, 6.07) is 6.19. The molecule has 0 aliphatic heterocycles. The minimum Gasteiger partial charge on any atom is -0.497 e. The molecular formula is C13H17BrN2O2. The number of amides is 1. The van der Waals surface area contributed by atoms with Crippen molar-refractivity contribution in [2.24, 2.45) is 0 Å². The van der Waals surface area contributed by atoms with Crippen molar-refractivity contribution in [2.75, 3.05) is 19.0 Å². The van der Waals surface area contributed by atoms with Crippen LogP contribution in [-0.4, -0.2) is 25.6 Å². The molecule has 1 amide bonds. The van der Waals surface area contributed by atoms with Gasteiger partial charge in [0.1, 0.15) is 5.75 Å². The number of halogens is 1. The van der Waals surface area contributed by atoms with Gasteiger partial charge in [-0.1, -0.05) is 15.9 Å². The van der Waals surface area contributed by atoms with E-state index < -0.39 is 0 Å². The van der Waals surface area contributed by atoms with Crippen molar-refractivity contribution in [3.05, 3.63) is 22.7 Å². The van der Waals surface area contributed by atoms with Gasteiger partial charge in [0.25, 0.3) is 0 Å². The molecule has 4 nitrogen and oxygen atoms in total. The molecule has 18 heavy (non-hydrogen) atoms. The predicted octanol–water partition coefficient (Wildman–Crippen LogP) is 2.54. The van der Waals surface area contributed by atoms with Gasteiger partial charge in [-0.2, -0.15) is 0 Å². The van der Waals surface area contributed by atoms with Crippen LogP contribution < -0.4 is 15.4 Å². The highest BCUT2D eigenvalue weighted by molar-refractivity contribution is 9.10. The van der Waals surface area contributed by atoms with Gasteiger partial charge in [0.15, 0.2) is 0 Å². The van der Waals surface area contributed by atoms with Crippen molar-refractivity contribution in [1.82, 2.24) is 5.32 Å². The van der Waals surface area contributed by atoms with Gasteiger partial charge in [0, 0.05) is 35.2 Å². The second-order valence-electron chi connectivity index (χ2n) is 4.40. The van der Waals surface area contributed by atoms with Crippen molar-refractivity contribution in [3.63, 3.8) is 0 Å². The fraction of sp³-hybridized carbons (Fsp3) is 0.462. The smallest absolute Gasteiger partial charge is 0.221 e. The van der Waals surface area contributed by atoms with Gasteiger partial charge < -0.3 is 15.4 Å². The Morgan fingerprint density at radius 1 is 1.44 bits per heavy atom. The Morgan fingerprint density at radius 3 is 2.89 bits per heavy atom. The van der Waals surface area contributed by atoms with E-state index in [9.17, 15) is 4.79 Å². The second-order valence-corrected chi connectivity index (χ2v) is 5.31. The van der Waals surface area contributed by atoms with E-state index in [2.05, 4.69) is 26.6 Å². The molecule has 1 aliphatic carbocycles. The van der Waals surface area contributed by atoms with Gasteiger partial charge in [-0.15, -0.1) is 0 Å². The quantitative estimate of drug-likeness (QED) is 0.848. The summed E-state index contributed by atoms with van der Waals surface area (Å²) in [6.45, 7) is 0.623. The zero-order valence-electron chi connectivity index (χ0n) is 10.3. The Hall–Kier alpha value is -1.23. The van der Waals surface area contributed by atoms with Crippen LogP contribution in [0.15, 0.2) is 22.7 Å². The first-order chi connectivity index (χ1) is 8.67. The second kappa shape index (κ2) is 6.09. The van der Waals surface area contributed by atoms with E-state index in [0.717, 1.165) is 28.8 Å². The van der Waals surface area contributed by atoms with Crippen LogP contribution in [0.1, 0.15) is 19.3 Å². The van der Waals surface area contributed by atoms with Crippen LogP contribution in [0.5, 0.6) is 5.75 Å². The molecule has 5 heteroatoms. The Bertz CT molecular complexity index is 433. The summed E-state index contributed by atoms with van der Waals surface area (Å²) in [5.41, 5.74) is 0.945.